The number of phenols is 1. The van der Waals surface area contributed by atoms with Crippen molar-refractivity contribution in [2.75, 3.05) is 5.73 Å². The molecule has 2 aromatic rings. The number of benzene rings is 1. The van der Waals surface area contributed by atoms with Gasteiger partial charge in [-0.05, 0) is 12.1 Å². The van der Waals surface area contributed by atoms with Gasteiger partial charge >= 0.3 is 0 Å². The molecule has 0 saturated carbocycles. The average molecular weight is 176 g/mol. The highest BCUT2D eigenvalue weighted by molar-refractivity contribution is 5.74. The zero-order valence-electron chi connectivity index (χ0n) is 6.73. The van der Waals surface area contributed by atoms with Gasteiger partial charge in [0.1, 0.15) is 11.4 Å². The van der Waals surface area contributed by atoms with Crippen LogP contribution in [0.2, 0.25) is 0 Å². The maximum Gasteiger partial charge on any atom is 0.173 e. The number of hydrogen-bond acceptors (Lipinski definition) is 4. The molecule has 66 valence electrons. The van der Waals surface area contributed by atoms with Crippen molar-refractivity contribution in [3.63, 3.8) is 0 Å². The van der Waals surface area contributed by atoms with Gasteiger partial charge in [-0.2, -0.15) is 10.3 Å². The minimum Gasteiger partial charge on any atom is -0.507 e. The van der Waals surface area contributed by atoms with Crippen molar-refractivity contribution in [1.82, 2.24) is 15.4 Å². The first-order valence-electron chi connectivity index (χ1n) is 3.73. The Morgan fingerprint density at radius 2 is 2.00 bits per heavy atom. The van der Waals surface area contributed by atoms with Crippen molar-refractivity contribution in [2.45, 2.75) is 0 Å². The summed E-state index contributed by atoms with van der Waals surface area (Å²) in [5.74, 6) is 0.421. The van der Waals surface area contributed by atoms with E-state index in [4.69, 9.17) is 5.73 Å². The third-order valence-electron chi connectivity index (χ3n) is 1.73. The number of aromatic nitrogens is 3. The first-order chi connectivity index (χ1) is 6.29. The monoisotopic (exact) mass is 176 g/mol. The SMILES string of the molecule is Nc1n[nH]nc1-c1ccccc1O. The molecular weight excluding hydrogens is 168 g/mol. The predicted molar refractivity (Wildman–Crippen MR) is 47.9 cm³/mol. The van der Waals surface area contributed by atoms with Gasteiger partial charge in [-0.25, -0.2) is 0 Å². The number of phenolic OH excluding ortho intramolecular Hbond substituents is 1. The number of nitrogens with one attached hydrogen (secondary N) is 1. The van der Waals surface area contributed by atoms with Crippen LogP contribution in [-0.2, 0) is 0 Å². The molecule has 5 heteroatoms. The van der Waals surface area contributed by atoms with Crippen molar-refractivity contribution in [2.24, 2.45) is 0 Å². The number of aromatic hydroxyl groups is 1. The zero-order valence-corrected chi connectivity index (χ0v) is 6.73. The Morgan fingerprint density at radius 3 is 2.62 bits per heavy atom. The average Bonchev–Trinajstić information content (AvgIpc) is 2.52. The molecule has 2 rings (SSSR count). The van der Waals surface area contributed by atoms with Gasteiger partial charge in [0.2, 0.25) is 0 Å². The molecule has 0 aliphatic heterocycles. The van der Waals surface area contributed by atoms with Gasteiger partial charge in [-0.1, -0.05) is 12.1 Å². The standard InChI is InChI=1S/C8H8N4O/c9-8-7(10-12-11-8)5-3-1-2-4-6(5)13/h1-4,13H,(H3,9,10,11,12). The highest BCUT2D eigenvalue weighted by Crippen LogP contribution is 2.29. The van der Waals surface area contributed by atoms with Crippen LogP contribution in [-0.4, -0.2) is 20.5 Å². The van der Waals surface area contributed by atoms with Crippen molar-refractivity contribution >= 4 is 5.82 Å². The summed E-state index contributed by atoms with van der Waals surface area (Å²) >= 11 is 0. The van der Waals surface area contributed by atoms with Gasteiger partial charge in [-0.15, -0.1) is 5.10 Å². The van der Waals surface area contributed by atoms with Gasteiger partial charge in [0.15, 0.2) is 5.82 Å². The second-order valence-corrected chi connectivity index (χ2v) is 2.57. The lowest BCUT2D eigenvalue weighted by Gasteiger charge is -1.99. The lowest BCUT2D eigenvalue weighted by molar-refractivity contribution is 0.477. The smallest absolute Gasteiger partial charge is 0.173 e. The van der Waals surface area contributed by atoms with E-state index in [1.165, 1.54) is 0 Å². The van der Waals surface area contributed by atoms with E-state index in [-0.39, 0.29) is 11.6 Å². The summed E-state index contributed by atoms with van der Waals surface area (Å²) in [7, 11) is 0. The molecule has 1 aromatic carbocycles. The van der Waals surface area contributed by atoms with Crippen molar-refractivity contribution in [3.8, 4) is 17.0 Å². The number of para-hydroxylation sites is 1. The maximum absolute atomic E-state index is 9.47. The van der Waals surface area contributed by atoms with Crippen LogP contribution in [0.3, 0.4) is 0 Å². The third kappa shape index (κ3) is 1.20. The Morgan fingerprint density at radius 1 is 1.23 bits per heavy atom. The number of aromatic amines is 1. The Bertz CT molecular complexity index is 424. The van der Waals surface area contributed by atoms with Crippen LogP contribution >= 0.6 is 0 Å². The maximum atomic E-state index is 9.47. The van der Waals surface area contributed by atoms with E-state index in [2.05, 4.69) is 15.4 Å². The van der Waals surface area contributed by atoms with Crippen LogP contribution in [0.4, 0.5) is 5.82 Å². The highest BCUT2D eigenvalue weighted by atomic mass is 16.3. The van der Waals surface area contributed by atoms with Crippen molar-refractivity contribution < 1.29 is 5.11 Å². The van der Waals surface area contributed by atoms with Gasteiger partial charge < -0.3 is 10.8 Å². The number of rotatable bonds is 1. The fraction of sp³-hybridized carbons (Fsp3) is 0. The molecular formula is C8H8N4O. The molecule has 0 fully saturated rings. The number of anilines is 1. The first kappa shape index (κ1) is 7.60. The lowest BCUT2D eigenvalue weighted by Crippen LogP contribution is -1.88. The topological polar surface area (TPSA) is 87.8 Å². The van der Waals surface area contributed by atoms with E-state index in [0.29, 0.717) is 11.3 Å². The second-order valence-electron chi connectivity index (χ2n) is 2.57. The van der Waals surface area contributed by atoms with Gasteiger partial charge in [0.25, 0.3) is 0 Å². The molecule has 1 aromatic heterocycles. The second kappa shape index (κ2) is 2.78. The molecule has 0 saturated heterocycles. The van der Waals surface area contributed by atoms with Crippen LogP contribution in [0.15, 0.2) is 24.3 Å². The van der Waals surface area contributed by atoms with Gasteiger partial charge in [0, 0.05) is 5.56 Å². The summed E-state index contributed by atoms with van der Waals surface area (Å²) in [5, 5.41) is 19.3. The molecule has 0 aliphatic carbocycles. The third-order valence-corrected chi connectivity index (χ3v) is 1.73. The largest absolute Gasteiger partial charge is 0.507 e. The fourth-order valence-corrected chi connectivity index (χ4v) is 1.11. The van der Waals surface area contributed by atoms with E-state index in [1.54, 1.807) is 24.3 Å². The zero-order chi connectivity index (χ0) is 9.26. The van der Waals surface area contributed by atoms with Crippen molar-refractivity contribution in [1.29, 1.82) is 0 Å². The number of H-pyrrole nitrogens is 1. The summed E-state index contributed by atoms with van der Waals surface area (Å²) in [6, 6.07) is 6.82. The van der Waals surface area contributed by atoms with Crippen LogP contribution in [0.25, 0.3) is 11.3 Å². The van der Waals surface area contributed by atoms with E-state index >= 15 is 0 Å². The minimum atomic E-state index is 0.142. The Balaban J connectivity index is 2.59. The number of nitrogen functional groups attached to an aromatic ring is 1. The minimum absolute atomic E-state index is 0.142. The summed E-state index contributed by atoms with van der Waals surface area (Å²) in [5.41, 5.74) is 6.57. The Labute approximate surface area is 74.2 Å². The summed E-state index contributed by atoms with van der Waals surface area (Å²) in [6.07, 6.45) is 0. The lowest BCUT2D eigenvalue weighted by atomic mass is 10.1. The fourth-order valence-electron chi connectivity index (χ4n) is 1.11. The van der Waals surface area contributed by atoms with Gasteiger partial charge in [0.05, 0.1) is 0 Å². The normalized spacial score (nSPS) is 10.2. The number of nitrogens with two attached hydrogens (primary N) is 1. The van der Waals surface area contributed by atoms with Crippen LogP contribution in [0.1, 0.15) is 0 Å². The predicted octanol–water partition coefficient (Wildman–Crippen LogP) is 0.759. The summed E-state index contributed by atoms with van der Waals surface area (Å²) in [6.45, 7) is 0. The Hall–Kier alpha value is -2.04. The van der Waals surface area contributed by atoms with E-state index in [0.717, 1.165) is 0 Å². The highest BCUT2D eigenvalue weighted by Gasteiger charge is 2.09. The molecule has 0 spiro atoms. The Kier molecular flexibility index (Phi) is 1.63. The van der Waals surface area contributed by atoms with Crippen LogP contribution in [0.5, 0.6) is 5.75 Å². The summed E-state index contributed by atoms with van der Waals surface area (Å²) in [4.78, 5) is 0. The molecule has 0 amide bonds. The van der Waals surface area contributed by atoms with E-state index < -0.39 is 0 Å². The first-order valence-corrected chi connectivity index (χ1v) is 3.73. The molecule has 0 atom stereocenters. The van der Waals surface area contributed by atoms with Crippen molar-refractivity contribution in [3.05, 3.63) is 24.3 Å². The number of nitrogens with zero attached hydrogens (tertiary/aromatic N) is 2. The number of hydrogen-bond donors (Lipinski definition) is 3. The van der Waals surface area contributed by atoms with Crippen LogP contribution < -0.4 is 5.73 Å². The van der Waals surface area contributed by atoms with Crippen LogP contribution in [0, 0.1) is 0 Å². The molecule has 1 heterocycles. The molecule has 4 N–H and O–H groups in total. The molecule has 0 bridgehead atoms. The van der Waals surface area contributed by atoms with E-state index in [9.17, 15) is 5.11 Å². The quantitative estimate of drug-likeness (QED) is 0.598. The molecule has 13 heavy (non-hydrogen) atoms. The van der Waals surface area contributed by atoms with E-state index in [1.807, 2.05) is 0 Å². The molecule has 5 nitrogen and oxygen atoms in total. The molecule has 0 aliphatic rings. The van der Waals surface area contributed by atoms with Gasteiger partial charge in [-0.3, -0.25) is 0 Å². The molecule has 0 radical (unpaired) electrons. The molecule has 0 unspecified atom stereocenters. The summed E-state index contributed by atoms with van der Waals surface area (Å²) < 4.78 is 0.